The van der Waals surface area contributed by atoms with E-state index in [-0.39, 0.29) is 17.4 Å². The van der Waals surface area contributed by atoms with Crippen molar-refractivity contribution in [3.05, 3.63) is 68.8 Å². The number of thiazole rings is 1. The highest BCUT2D eigenvalue weighted by molar-refractivity contribution is 7.07. The van der Waals surface area contributed by atoms with Crippen LogP contribution >= 0.6 is 11.3 Å². The molecule has 0 amide bonds. The maximum absolute atomic E-state index is 11.8. The molecule has 0 radical (unpaired) electrons. The molecule has 0 saturated carbocycles. The van der Waals surface area contributed by atoms with Gasteiger partial charge in [0.2, 0.25) is 0 Å². The van der Waals surface area contributed by atoms with Crippen LogP contribution in [0.5, 0.6) is 0 Å². The molecule has 0 saturated heterocycles. The number of carbonyl (C=O) groups excluding carboxylic acids is 1. The standard InChI is InChI=1S/C18H17NO3S/c1-13-12-23-18(21)19(13)11-17(20)22-9-8-14-6-7-15-4-2-3-5-16(15)10-14/h2-7,10,12H,8-9,11H2,1H3. The number of hydrogen-bond acceptors (Lipinski definition) is 4. The first kappa shape index (κ1) is 15.5. The summed E-state index contributed by atoms with van der Waals surface area (Å²) in [6.07, 6.45) is 0.661. The Hall–Kier alpha value is -2.40. The molecule has 5 heteroatoms. The van der Waals surface area contributed by atoms with Crippen molar-refractivity contribution in [2.75, 3.05) is 6.61 Å². The average molecular weight is 327 g/mol. The fourth-order valence-corrected chi connectivity index (χ4v) is 3.18. The summed E-state index contributed by atoms with van der Waals surface area (Å²) in [5, 5.41) is 4.11. The van der Waals surface area contributed by atoms with Gasteiger partial charge >= 0.3 is 10.8 Å². The summed E-state index contributed by atoms with van der Waals surface area (Å²) in [7, 11) is 0. The highest BCUT2D eigenvalue weighted by atomic mass is 32.1. The molecule has 3 aromatic rings. The Bertz CT molecular complexity index is 894. The van der Waals surface area contributed by atoms with Crippen molar-refractivity contribution in [2.24, 2.45) is 0 Å². The van der Waals surface area contributed by atoms with Gasteiger partial charge in [0, 0.05) is 17.5 Å². The molecule has 0 bridgehead atoms. The molecular weight excluding hydrogens is 310 g/mol. The van der Waals surface area contributed by atoms with Crippen LogP contribution in [0.15, 0.2) is 52.6 Å². The molecule has 3 rings (SSSR count). The van der Waals surface area contributed by atoms with Crippen molar-refractivity contribution in [3.8, 4) is 0 Å². The molecule has 0 fully saturated rings. The van der Waals surface area contributed by atoms with Crippen molar-refractivity contribution in [1.82, 2.24) is 4.57 Å². The van der Waals surface area contributed by atoms with Crippen LogP contribution in [0.3, 0.4) is 0 Å². The van der Waals surface area contributed by atoms with Gasteiger partial charge in [-0.25, -0.2) is 0 Å². The maximum atomic E-state index is 11.8. The number of nitrogens with zero attached hydrogens (tertiary/aromatic N) is 1. The first-order valence-electron chi connectivity index (χ1n) is 7.42. The van der Waals surface area contributed by atoms with E-state index < -0.39 is 0 Å². The third-order valence-electron chi connectivity index (χ3n) is 3.73. The topological polar surface area (TPSA) is 48.3 Å². The summed E-state index contributed by atoms with van der Waals surface area (Å²) >= 11 is 1.09. The zero-order valence-electron chi connectivity index (χ0n) is 12.8. The van der Waals surface area contributed by atoms with Gasteiger partial charge in [0.25, 0.3) is 0 Å². The van der Waals surface area contributed by atoms with Gasteiger partial charge in [-0.1, -0.05) is 53.8 Å². The largest absolute Gasteiger partial charge is 0.464 e. The lowest BCUT2D eigenvalue weighted by Crippen LogP contribution is -2.22. The molecule has 23 heavy (non-hydrogen) atoms. The number of benzene rings is 2. The number of ether oxygens (including phenoxy) is 1. The summed E-state index contributed by atoms with van der Waals surface area (Å²) < 4.78 is 6.68. The number of hydrogen-bond donors (Lipinski definition) is 0. The van der Waals surface area contributed by atoms with Crippen LogP contribution in [-0.4, -0.2) is 17.1 Å². The van der Waals surface area contributed by atoms with Gasteiger partial charge in [-0.2, -0.15) is 0 Å². The third kappa shape index (κ3) is 3.68. The minimum Gasteiger partial charge on any atom is -0.464 e. The van der Waals surface area contributed by atoms with E-state index in [1.807, 2.05) is 18.2 Å². The van der Waals surface area contributed by atoms with Crippen LogP contribution in [0.1, 0.15) is 11.3 Å². The molecule has 0 N–H and O–H groups in total. The van der Waals surface area contributed by atoms with Crippen LogP contribution < -0.4 is 4.87 Å². The first-order valence-corrected chi connectivity index (χ1v) is 8.30. The van der Waals surface area contributed by atoms with E-state index in [1.54, 1.807) is 12.3 Å². The monoisotopic (exact) mass is 327 g/mol. The lowest BCUT2D eigenvalue weighted by Gasteiger charge is -2.07. The molecule has 1 aromatic heterocycles. The van der Waals surface area contributed by atoms with Gasteiger partial charge in [-0.15, -0.1) is 0 Å². The Labute approximate surface area is 138 Å². The van der Waals surface area contributed by atoms with Gasteiger partial charge in [0.05, 0.1) is 6.61 Å². The second-order valence-corrected chi connectivity index (χ2v) is 6.20. The van der Waals surface area contributed by atoms with Gasteiger partial charge in [0.15, 0.2) is 0 Å². The van der Waals surface area contributed by atoms with Gasteiger partial charge < -0.3 is 4.74 Å². The van der Waals surface area contributed by atoms with Gasteiger partial charge in [0.1, 0.15) is 6.54 Å². The SMILES string of the molecule is Cc1csc(=O)n1CC(=O)OCCc1ccc2ccccc2c1. The fraction of sp³-hybridized carbons (Fsp3) is 0.222. The summed E-state index contributed by atoms with van der Waals surface area (Å²) in [5.41, 5.74) is 1.91. The average Bonchev–Trinajstić information content (AvgIpc) is 2.87. The van der Waals surface area contributed by atoms with E-state index in [0.717, 1.165) is 22.6 Å². The molecule has 2 aromatic carbocycles. The van der Waals surface area contributed by atoms with Crippen molar-refractivity contribution in [2.45, 2.75) is 19.9 Å². The van der Waals surface area contributed by atoms with Crippen LogP contribution in [0.4, 0.5) is 0 Å². The summed E-state index contributed by atoms with van der Waals surface area (Å²) in [6.45, 7) is 2.10. The minimum atomic E-state index is -0.380. The van der Waals surface area contributed by atoms with E-state index in [1.165, 1.54) is 15.3 Å². The van der Waals surface area contributed by atoms with Crippen molar-refractivity contribution in [3.63, 3.8) is 0 Å². The number of aromatic nitrogens is 1. The fourth-order valence-electron chi connectivity index (χ4n) is 2.45. The summed E-state index contributed by atoms with van der Waals surface area (Å²) in [4.78, 5) is 23.3. The van der Waals surface area contributed by atoms with Crippen molar-refractivity contribution < 1.29 is 9.53 Å². The number of fused-ring (bicyclic) bond motifs is 1. The third-order valence-corrected chi connectivity index (χ3v) is 4.61. The molecule has 1 heterocycles. The Morgan fingerprint density at radius 1 is 1.17 bits per heavy atom. The van der Waals surface area contributed by atoms with E-state index in [0.29, 0.717) is 13.0 Å². The molecule has 0 aliphatic heterocycles. The lowest BCUT2D eigenvalue weighted by molar-refractivity contribution is -0.144. The van der Waals surface area contributed by atoms with Crippen molar-refractivity contribution >= 4 is 28.1 Å². The predicted octanol–water partition coefficient (Wildman–Crippen LogP) is 3.16. The van der Waals surface area contributed by atoms with E-state index in [2.05, 4.69) is 24.3 Å². The first-order chi connectivity index (χ1) is 11.1. The minimum absolute atomic E-state index is 0.0219. The Morgan fingerprint density at radius 2 is 1.96 bits per heavy atom. The lowest BCUT2D eigenvalue weighted by atomic mass is 10.1. The number of esters is 1. The molecule has 118 valence electrons. The molecule has 4 nitrogen and oxygen atoms in total. The summed E-state index contributed by atoms with van der Waals surface area (Å²) in [5.74, 6) is -0.380. The van der Waals surface area contributed by atoms with Crippen LogP contribution in [-0.2, 0) is 22.5 Å². The molecular formula is C18H17NO3S. The van der Waals surface area contributed by atoms with Crippen LogP contribution in [0, 0.1) is 6.92 Å². The quantitative estimate of drug-likeness (QED) is 0.676. The van der Waals surface area contributed by atoms with E-state index >= 15 is 0 Å². The van der Waals surface area contributed by atoms with E-state index in [9.17, 15) is 9.59 Å². The Kier molecular flexibility index (Phi) is 4.57. The highest BCUT2D eigenvalue weighted by Crippen LogP contribution is 2.16. The molecule has 0 aliphatic carbocycles. The molecule has 0 atom stereocenters. The number of carbonyl (C=O) groups is 1. The Morgan fingerprint density at radius 3 is 2.70 bits per heavy atom. The molecule has 0 spiro atoms. The highest BCUT2D eigenvalue weighted by Gasteiger charge is 2.09. The second-order valence-electron chi connectivity index (χ2n) is 5.38. The van der Waals surface area contributed by atoms with E-state index in [4.69, 9.17) is 4.74 Å². The number of rotatable bonds is 5. The van der Waals surface area contributed by atoms with Crippen LogP contribution in [0.25, 0.3) is 10.8 Å². The van der Waals surface area contributed by atoms with Gasteiger partial charge in [-0.3, -0.25) is 14.2 Å². The van der Waals surface area contributed by atoms with Gasteiger partial charge in [-0.05, 0) is 23.3 Å². The Balaban J connectivity index is 1.56. The van der Waals surface area contributed by atoms with Crippen LogP contribution in [0.2, 0.25) is 0 Å². The molecule has 0 aliphatic rings. The second kappa shape index (κ2) is 6.79. The predicted molar refractivity (Wildman–Crippen MR) is 91.9 cm³/mol. The maximum Gasteiger partial charge on any atom is 0.326 e. The zero-order chi connectivity index (χ0) is 16.2. The normalized spacial score (nSPS) is 10.8. The zero-order valence-corrected chi connectivity index (χ0v) is 13.6. The smallest absolute Gasteiger partial charge is 0.326 e. The van der Waals surface area contributed by atoms with Crippen molar-refractivity contribution in [1.29, 1.82) is 0 Å². The summed E-state index contributed by atoms with van der Waals surface area (Å²) in [6, 6.07) is 14.4. The molecule has 0 unspecified atom stereocenters. The number of aryl methyl sites for hydroxylation is 1.